The molecule has 8 nitrogen and oxygen atoms in total. The maximum atomic E-state index is 12.4. The number of esters is 1. The van der Waals surface area contributed by atoms with Gasteiger partial charge in [0.25, 0.3) is 5.91 Å². The van der Waals surface area contributed by atoms with E-state index in [2.05, 4.69) is 10.6 Å². The van der Waals surface area contributed by atoms with Gasteiger partial charge in [0.05, 0.1) is 0 Å². The molecule has 3 rings (SSSR count). The van der Waals surface area contributed by atoms with E-state index in [1.807, 2.05) is 30.3 Å². The Bertz CT molecular complexity index is 881. The molecule has 164 valence electrons. The van der Waals surface area contributed by atoms with Gasteiger partial charge in [0.2, 0.25) is 0 Å². The zero-order chi connectivity index (χ0) is 21.9. The van der Waals surface area contributed by atoms with Crippen molar-refractivity contribution in [2.24, 2.45) is 0 Å². The molecular formula is C23H26N2O6. The summed E-state index contributed by atoms with van der Waals surface area (Å²) >= 11 is 0. The predicted octanol–water partition coefficient (Wildman–Crippen LogP) is 3.07. The summed E-state index contributed by atoms with van der Waals surface area (Å²) in [6.07, 6.45) is 3.94. The molecule has 2 aromatic rings. The first kappa shape index (κ1) is 22.1. The Morgan fingerprint density at radius 1 is 0.871 bits per heavy atom. The number of ether oxygens (including phenoxy) is 3. The van der Waals surface area contributed by atoms with Gasteiger partial charge in [0, 0.05) is 6.04 Å². The first-order valence-electron chi connectivity index (χ1n) is 10.3. The van der Waals surface area contributed by atoms with Crippen LogP contribution in [0, 0.1) is 0 Å². The largest absolute Gasteiger partial charge is 0.490 e. The number of hydrogen-bond acceptors (Lipinski definition) is 6. The van der Waals surface area contributed by atoms with Crippen LogP contribution in [-0.4, -0.2) is 43.8 Å². The summed E-state index contributed by atoms with van der Waals surface area (Å²) < 4.78 is 16.2. The lowest BCUT2D eigenvalue weighted by Crippen LogP contribution is -2.45. The van der Waals surface area contributed by atoms with Crippen molar-refractivity contribution in [3.05, 3.63) is 60.2 Å². The number of urea groups is 1. The van der Waals surface area contributed by atoms with Crippen LogP contribution in [0.4, 0.5) is 4.79 Å². The average molecular weight is 426 g/mol. The molecule has 0 saturated heterocycles. The summed E-state index contributed by atoms with van der Waals surface area (Å²) in [6, 6.07) is 15.4. The minimum Gasteiger partial charge on any atom is -0.490 e. The van der Waals surface area contributed by atoms with Crippen LogP contribution in [0.25, 0.3) is 0 Å². The fourth-order valence-electron chi connectivity index (χ4n) is 3.25. The highest BCUT2D eigenvalue weighted by atomic mass is 16.5. The fourth-order valence-corrected chi connectivity index (χ4v) is 3.25. The highest BCUT2D eigenvalue weighted by Gasteiger charge is 2.19. The van der Waals surface area contributed by atoms with Crippen LogP contribution in [0.3, 0.4) is 0 Å². The van der Waals surface area contributed by atoms with Crippen molar-refractivity contribution in [3.8, 4) is 11.5 Å². The van der Waals surface area contributed by atoms with Gasteiger partial charge in [-0.1, -0.05) is 43.2 Å². The average Bonchev–Trinajstić information content (AvgIpc) is 3.29. The van der Waals surface area contributed by atoms with Crippen LogP contribution in [0.2, 0.25) is 0 Å². The number of hydrogen-bond donors (Lipinski definition) is 2. The molecule has 0 aromatic heterocycles. The number of imide groups is 1. The molecule has 1 saturated carbocycles. The minimum atomic E-state index is -0.717. The van der Waals surface area contributed by atoms with Gasteiger partial charge in [0.1, 0.15) is 30.3 Å². The summed E-state index contributed by atoms with van der Waals surface area (Å²) in [5, 5.41) is 4.91. The van der Waals surface area contributed by atoms with Crippen molar-refractivity contribution in [2.75, 3.05) is 19.8 Å². The third kappa shape index (κ3) is 7.33. The number of carbonyl (C=O) groups excluding carboxylic acids is 3. The number of nitrogens with one attached hydrogen (secondary N) is 2. The number of para-hydroxylation sites is 2. The van der Waals surface area contributed by atoms with E-state index in [1.54, 1.807) is 24.3 Å². The van der Waals surface area contributed by atoms with Gasteiger partial charge in [-0.3, -0.25) is 10.1 Å². The molecule has 2 N–H and O–H groups in total. The number of carbonyl (C=O) groups is 3. The Balaban J connectivity index is 1.42. The van der Waals surface area contributed by atoms with E-state index in [4.69, 9.17) is 14.2 Å². The second-order valence-corrected chi connectivity index (χ2v) is 7.09. The van der Waals surface area contributed by atoms with E-state index in [9.17, 15) is 14.4 Å². The molecule has 1 aliphatic rings. The standard InChI is InChI=1S/C23H26N2O6/c26-21(25-23(28)24-17-8-4-5-9-17)16-31-22(27)19-12-6-7-13-20(19)30-15-14-29-18-10-2-1-3-11-18/h1-3,6-7,10-13,17H,4-5,8-9,14-16H2,(H2,24,25,26,28). The second kappa shape index (κ2) is 11.6. The SMILES string of the molecule is O=C(COC(=O)c1ccccc1OCCOc1ccccc1)NC(=O)NC1CCCC1. The molecule has 0 aliphatic heterocycles. The van der Waals surface area contributed by atoms with Crippen molar-refractivity contribution in [3.63, 3.8) is 0 Å². The van der Waals surface area contributed by atoms with Gasteiger partial charge in [-0.2, -0.15) is 0 Å². The number of rotatable bonds is 9. The van der Waals surface area contributed by atoms with E-state index >= 15 is 0 Å². The molecule has 0 spiro atoms. The molecule has 2 aromatic carbocycles. The van der Waals surface area contributed by atoms with E-state index in [-0.39, 0.29) is 18.2 Å². The first-order chi connectivity index (χ1) is 15.1. The molecule has 1 aliphatic carbocycles. The van der Waals surface area contributed by atoms with Crippen molar-refractivity contribution >= 4 is 17.9 Å². The third-order valence-corrected chi connectivity index (χ3v) is 4.74. The normalized spacial score (nSPS) is 13.3. The molecule has 0 heterocycles. The lowest BCUT2D eigenvalue weighted by molar-refractivity contribution is -0.123. The van der Waals surface area contributed by atoms with Gasteiger partial charge in [-0.15, -0.1) is 0 Å². The van der Waals surface area contributed by atoms with E-state index in [1.165, 1.54) is 0 Å². The quantitative estimate of drug-likeness (QED) is 0.472. The summed E-state index contributed by atoms with van der Waals surface area (Å²) in [7, 11) is 0. The molecular weight excluding hydrogens is 400 g/mol. The lowest BCUT2D eigenvalue weighted by atomic mass is 10.2. The van der Waals surface area contributed by atoms with E-state index in [0.29, 0.717) is 12.4 Å². The lowest BCUT2D eigenvalue weighted by Gasteiger charge is -2.13. The number of benzene rings is 2. The fraction of sp³-hybridized carbons (Fsp3) is 0.348. The molecule has 0 radical (unpaired) electrons. The maximum absolute atomic E-state index is 12.4. The zero-order valence-electron chi connectivity index (χ0n) is 17.2. The minimum absolute atomic E-state index is 0.0882. The van der Waals surface area contributed by atoms with Crippen molar-refractivity contribution in [1.29, 1.82) is 0 Å². The molecule has 0 atom stereocenters. The van der Waals surface area contributed by atoms with Crippen LogP contribution in [0.15, 0.2) is 54.6 Å². The zero-order valence-corrected chi connectivity index (χ0v) is 17.2. The Morgan fingerprint density at radius 3 is 2.32 bits per heavy atom. The summed E-state index contributed by atoms with van der Waals surface area (Å²) in [4.78, 5) is 36.1. The highest BCUT2D eigenvalue weighted by Crippen LogP contribution is 2.19. The van der Waals surface area contributed by atoms with Crippen LogP contribution in [0.5, 0.6) is 11.5 Å². The smallest absolute Gasteiger partial charge is 0.342 e. The van der Waals surface area contributed by atoms with Gasteiger partial charge in [-0.25, -0.2) is 9.59 Å². The summed E-state index contributed by atoms with van der Waals surface area (Å²) in [5.74, 6) is -0.366. The van der Waals surface area contributed by atoms with Gasteiger partial charge < -0.3 is 19.5 Å². The molecule has 3 amide bonds. The van der Waals surface area contributed by atoms with Gasteiger partial charge in [-0.05, 0) is 37.1 Å². The van der Waals surface area contributed by atoms with Crippen LogP contribution >= 0.6 is 0 Å². The van der Waals surface area contributed by atoms with Gasteiger partial charge >= 0.3 is 12.0 Å². The Hall–Kier alpha value is -3.55. The van der Waals surface area contributed by atoms with Crippen LogP contribution < -0.4 is 20.1 Å². The number of amides is 3. The van der Waals surface area contributed by atoms with Crippen molar-refractivity contribution in [2.45, 2.75) is 31.7 Å². The molecule has 1 fully saturated rings. The van der Waals surface area contributed by atoms with Crippen LogP contribution in [-0.2, 0) is 9.53 Å². The van der Waals surface area contributed by atoms with Gasteiger partial charge in [0.15, 0.2) is 6.61 Å². The Labute approximate surface area is 180 Å². The molecule has 0 bridgehead atoms. The molecule has 8 heteroatoms. The van der Waals surface area contributed by atoms with Crippen molar-refractivity contribution in [1.82, 2.24) is 10.6 Å². The highest BCUT2D eigenvalue weighted by molar-refractivity contribution is 5.97. The summed E-state index contributed by atoms with van der Waals surface area (Å²) in [6.45, 7) is -0.0463. The molecule has 0 unspecified atom stereocenters. The molecule has 31 heavy (non-hydrogen) atoms. The first-order valence-corrected chi connectivity index (χ1v) is 10.3. The Morgan fingerprint density at radius 2 is 1.55 bits per heavy atom. The monoisotopic (exact) mass is 426 g/mol. The van der Waals surface area contributed by atoms with E-state index < -0.39 is 24.5 Å². The predicted molar refractivity (Wildman–Crippen MR) is 113 cm³/mol. The third-order valence-electron chi connectivity index (χ3n) is 4.74. The topological polar surface area (TPSA) is 103 Å². The van der Waals surface area contributed by atoms with Crippen molar-refractivity contribution < 1.29 is 28.6 Å². The second-order valence-electron chi connectivity index (χ2n) is 7.09. The Kier molecular flexibility index (Phi) is 8.28. The maximum Gasteiger partial charge on any atom is 0.342 e. The van der Waals surface area contributed by atoms with Crippen LogP contribution in [0.1, 0.15) is 36.0 Å². The summed E-state index contributed by atoms with van der Waals surface area (Å²) in [5.41, 5.74) is 0.186. The van der Waals surface area contributed by atoms with E-state index in [0.717, 1.165) is 31.4 Å².